The van der Waals surface area contributed by atoms with Crippen LogP contribution in [0.15, 0.2) is 34.1 Å². The topological polar surface area (TPSA) is 0 Å². The molecule has 2 aromatic rings. The molecule has 3 rings (SSSR count). The molecule has 0 nitrogen and oxygen atoms in total. The maximum atomic E-state index is 3.83. The van der Waals surface area contributed by atoms with Gasteiger partial charge in [0.25, 0.3) is 0 Å². The van der Waals surface area contributed by atoms with E-state index in [9.17, 15) is 0 Å². The number of fused-ring (bicyclic) bond motifs is 1. The highest BCUT2D eigenvalue weighted by Crippen LogP contribution is 2.39. The molecule has 1 heterocycles. The molecule has 0 N–H and O–H groups in total. The van der Waals surface area contributed by atoms with Gasteiger partial charge in [-0.2, -0.15) is 0 Å². The first-order valence-electron chi connectivity index (χ1n) is 6.24. The lowest BCUT2D eigenvalue weighted by Crippen LogP contribution is -2.04. The molecule has 0 spiro atoms. The molecule has 94 valence electrons. The summed E-state index contributed by atoms with van der Waals surface area (Å²) >= 11 is 9.25. The fourth-order valence-corrected chi connectivity index (χ4v) is 5.31. The van der Waals surface area contributed by atoms with Crippen LogP contribution < -0.4 is 0 Å². The number of halogens is 2. The fraction of sp³-hybridized carbons (Fsp3) is 0.333. The predicted octanol–water partition coefficient (Wildman–Crippen LogP) is 5.87. The van der Waals surface area contributed by atoms with Crippen molar-refractivity contribution in [3.63, 3.8) is 0 Å². The average molecular weight is 386 g/mol. The Balaban J connectivity index is 1.95. The number of hydrogen-bond donors (Lipinski definition) is 0. The van der Waals surface area contributed by atoms with Gasteiger partial charge >= 0.3 is 0 Å². The van der Waals surface area contributed by atoms with Crippen LogP contribution in [-0.4, -0.2) is 0 Å². The molecular formula is C15H14Br2S. The van der Waals surface area contributed by atoms with Crippen LogP contribution in [0.1, 0.15) is 39.2 Å². The minimum Gasteiger partial charge on any atom is -0.146 e. The molecular weight excluding hydrogens is 372 g/mol. The van der Waals surface area contributed by atoms with Crippen LogP contribution in [0.25, 0.3) is 0 Å². The zero-order chi connectivity index (χ0) is 12.5. The predicted molar refractivity (Wildman–Crippen MR) is 85.9 cm³/mol. The molecule has 1 aliphatic rings. The minimum atomic E-state index is 0.305. The lowest BCUT2D eigenvalue weighted by atomic mass is 9.90. The number of rotatable bonds is 2. The molecule has 18 heavy (non-hydrogen) atoms. The van der Waals surface area contributed by atoms with Crippen LogP contribution in [0, 0.1) is 0 Å². The highest BCUT2D eigenvalue weighted by atomic mass is 79.9. The summed E-state index contributed by atoms with van der Waals surface area (Å²) in [6.07, 6.45) is 5.19. The second-order valence-electron chi connectivity index (χ2n) is 4.73. The number of aryl methyl sites for hydroxylation is 2. The van der Waals surface area contributed by atoms with Crippen molar-refractivity contribution in [3.8, 4) is 0 Å². The van der Waals surface area contributed by atoms with Crippen molar-refractivity contribution in [1.82, 2.24) is 0 Å². The van der Waals surface area contributed by atoms with E-state index < -0.39 is 0 Å². The Kier molecular flexibility index (Phi) is 3.92. The highest BCUT2D eigenvalue weighted by molar-refractivity contribution is 9.11. The van der Waals surface area contributed by atoms with E-state index in [1.807, 2.05) is 0 Å². The molecule has 1 aromatic heterocycles. The molecule has 0 saturated carbocycles. The number of hydrogen-bond acceptors (Lipinski definition) is 1. The Morgan fingerprint density at radius 1 is 1.06 bits per heavy atom. The Morgan fingerprint density at radius 3 is 2.56 bits per heavy atom. The first-order valence-corrected chi connectivity index (χ1v) is 8.83. The summed E-state index contributed by atoms with van der Waals surface area (Å²) in [6, 6.07) is 9.10. The molecule has 0 fully saturated rings. The quantitative estimate of drug-likeness (QED) is 0.566. The van der Waals surface area contributed by atoms with Crippen molar-refractivity contribution < 1.29 is 0 Å². The molecule has 0 radical (unpaired) electrons. The van der Waals surface area contributed by atoms with Gasteiger partial charge in [0.05, 0.1) is 4.83 Å². The van der Waals surface area contributed by atoms with E-state index in [1.165, 1.54) is 40.6 Å². The normalized spacial score (nSPS) is 16.3. The second-order valence-corrected chi connectivity index (χ2v) is 7.45. The fourth-order valence-electron chi connectivity index (χ4n) is 2.55. The number of thiophene rings is 1. The third kappa shape index (κ3) is 2.45. The summed E-state index contributed by atoms with van der Waals surface area (Å²) in [5, 5.41) is 2.13. The number of benzene rings is 1. The Hall–Kier alpha value is -0.120. The van der Waals surface area contributed by atoms with Gasteiger partial charge in [0.2, 0.25) is 0 Å². The van der Waals surface area contributed by atoms with Gasteiger partial charge in [-0.05, 0) is 69.8 Å². The van der Waals surface area contributed by atoms with Crippen LogP contribution in [0.4, 0.5) is 0 Å². The second kappa shape index (κ2) is 5.48. The van der Waals surface area contributed by atoms with Gasteiger partial charge in [-0.25, -0.2) is 0 Å². The lowest BCUT2D eigenvalue weighted by Gasteiger charge is -2.18. The maximum absolute atomic E-state index is 3.83. The summed E-state index contributed by atoms with van der Waals surface area (Å²) in [7, 11) is 0. The molecule has 1 aromatic carbocycles. The summed E-state index contributed by atoms with van der Waals surface area (Å²) < 4.78 is 1.20. The Morgan fingerprint density at radius 2 is 1.83 bits per heavy atom. The molecule has 0 aliphatic heterocycles. The Bertz CT molecular complexity index is 559. The Labute approximate surface area is 129 Å². The molecule has 0 saturated heterocycles. The van der Waals surface area contributed by atoms with Gasteiger partial charge in [-0.1, -0.05) is 34.1 Å². The van der Waals surface area contributed by atoms with Crippen LogP contribution in [0.5, 0.6) is 0 Å². The van der Waals surface area contributed by atoms with Gasteiger partial charge in [-0.15, -0.1) is 11.3 Å². The summed E-state index contributed by atoms with van der Waals surface area (Å²) in [4.78, 5) is 1.66. The zero-order valence-electron chi connectivity index (χ0n) is 9.96. The van der Waals surface area contributed by atoms with Crippen molar-refractivity contribution in [1.29, 1.82) is 0 Å². The first-order chi connectivity index (χ1) is 8.75. The van der Waals surface area contributed by atoms with Gasteiger partial charge in [0.15, 0.2) is 0 Å². The van der Waals surface area contributed by atoms with Gasteiger partial charge in [-0.3, -0.25) is 0 Å². The third-order valence-electron chi connectivity index (χ3n) is 3.54. The van der Waals surface area contributed by atoms with E-state index in [0.717, 1.165) is 0 Å². The summed E-state index contributed by atoms with van der Waals surface area (Å²) in [5.74, 6) is 0. The molecule has 1 aliphatic carbocycles. The van der Waals surface area contributed by atoms with Gasteiger partial charge in [0.1, 0.15) is 0 Å². The lowest BCUT2D eigenvalue weighted by molar-refractivity contribution is 0.684. The SMILES string of the molecule is Brc1ccsc1C(Br)c1ccc2c(c1)CCCC2. The molecule has 3 heteroatoms. The van der Waals surface area contributed by atoms with Crippen LogP contribution in [-0.2, 0) is 12.8 Å². The van der Waals surface area contributed by atoms with Crippen molar-refractivity contribution in [3.05, 3.63) is 55.7 Å². The molecule has 1 unspecified atom stereocenters. The number of alkyl halides is 1. The van der Waals surface area contributed by atoms with Crippen molar-refractivity contribution in [2.75, 3.05) is 0 Å². The van der Waals surface area contributed by atoms with E-state index in [-0.39, 0.29) is 0 Å². The van der Waals surface area contributed by atoms with Gasteiger partial charge in [0, 0.05) is 9.35 Å². The van der Waals surface area contributed by atoms with E-state index >= 15 is 0 Å². The monoisotopic (exact) mass is 384 g/mol. The zero-order valence-corrected chi connectivity index (χ0v) is 13.9. The average Bonchev–Trinajstić information content (AvgIpc) is 2.83. The highest BCUT2D eigenvalue weighted by Gasteiger charge is 2.17. The molecule has 0 bridgehead atoms. The molecule has 1 atom stereocenters. The van der Waals surface area contributed by atoms with Crippen molar-refractivity contribution in [2.45, 2.75) is 30.5 Å². The van der Waals surface area contributed by atoms with Crippen LogP contribution in [0.3, 0.4) is 0 Å². The van der Waals surface area contributed by atoms with Crippen LogP contribution in [0.2, 0.25) is 0 Å². The first kappa shape index (κ1) is 12.9. The molecule has 0 amide bonds. The largest absolute Gasteiger partial charge is 0.146 e. The van der Waals surface area contributed by atoms with Crippen molar-refractivity contribution in [2.24, 2.45) is 0 Å². The standard InChI is InChI=1S/C15H14Br2S/c16-13-7-8-18-15(13)14(17)12-6-5-10-3-1-2-4-11(10)9-12/h5-9,14H,1-4H2. The van der Waals surface area contributed by atoms with Gasteiger partial charge < -0.3 is 0 Å². The van der Waals surface area contributed by atoms with Crippen molar-refractivity contribution >= 4 is 43.2 Å². The summed E-state index contributed by atoms with van der Waals surface area (Å²) in [6.45, 7) is 0. The smallest absolute Gasteiger partial charge is 0.0749 e. The maximum Gasteiger partial charge on any atom is 0.0749 e. The van der Waals surface area contributed by atoms with E-state index in [4.69, 9.17) is 0 Å². The summed E-state index contributed by atoms with van der Waals surface area (Å²) in [5.41, 5.74) is 4.48. The van der Waals surface area contributed by atoms with E-state index in [0.29, 0.717) is 4.83 Å². The van der Waals surface area contributed by atoms with E-state index in [1.54, 1.807) is 22.5 Å². The third-order valence-corrected chi connectivity index (χ3v) is 6.77. The van der Waals surface area contributed by atoms with E-state index in [2.05, 4.69) is 61.5 Å². The minimum absolute atomic E-state index is 0.305. The van der Waals surface area contributed by atoms with Crippen LogP contribution >= 0.6 is 43.2 Å².